The third-order valence-corrected chi connectivity index (χ3v) is 3.73. The summed E-state index contributed by atoms with van der Waals surface area (Å²) in [5, 5.41) is 7.18. The smallest absolute Gasteiger partial charge is 0.170 e. The van der Waals surface area contributed by atoms with Gasteiger partial charge in [-0.15, -0.1) is 0 Å². The molecule has 0 aliphatic carbocycles. The van der Waals surface area contributed by atoms with E-state index in [-0.39, 0.29) is 0 Å². The molecular formula is C19H24N2OS. The van der Waals surface area contributed by atoms with Gasteiger partial charge in [-0.3, -0.25) is 0 Å². The van der Waals surface area contributed by atoms with Crippen molar-refractivity contribution in [3.05, 3.63) is 60.2 Å². The van der Waals surface area contributed by atoms with Gasteiger partial charge in [-0.25, -0.2) is 0 Å². The number of benzene rings is 2. The second kappa shape index (κ2) is 9.16. The van der Waals surface area contributed by atoms with Crippen LogP contribution in [-0.4, -0.2) is 17.8 Å². The molecule has 3 nitrogen and oxygen atoms in total. The first-order chi connectivity index (χ1) is 11.2. The molecule has 2 N–H and O–H groups in total. The Morgan fingerprint density at radius 1 is 1.09 bits per heavy atom. The number of hydrogen-bond acceptors (Lipinski definition) is 2. The first kappa shape index (κ1) is 17.3. The fourth-order valence-corrected chi connectivity index (χ4v) is 2.61. The molecule has 0 amide bonds. The molecule has 2 aromatic rings. The third kappa shape index (κ3) is 6.28. The number of thiocarbonyl (C=S) groups is 1. The van der Waals surface area contributed by atoms with Crippen LogP contribution >= 0.6 is 12.2 Å². The highest BCUT2D eigenvalue weighted by Crippen LogP contribution is 2.15. The van der Waals surface area contributed by atoms with E-state index in [0.717, 1.165) is 24.3 Å². The summed E-state index contributed by atoms with van der Waals surface area (Å²) in [6.07, 6.45) is 2.08. The molecule has 0 saturated carbocycles. The average molecular weight is 328 g/mol. The maximum Gasteiger partial charge on any atom is 0.170 e. The Hall–Kier alpha value is -2.07. The van der Waals surface area contributed by atoms with Crippen molar-refractivity contribution >= 4 is 23.0 Å². The van der Waals surface area contributed by atoms with Gasteiger partial charge in [0.2, 0.25) is 0 Å². The molecule has 0 aromatic heterocycles. The highest BCUT2D eigenvalue weighted by molar-refractivity contribution is 7.80. The van der Waals surface area contributed by atoms with Gasteiger partial charge in [-0.1, -0.05) is 30.3 Å². The molecule has 23 heavy (non-hydrogen) atoms. The Kier molecular flexibility index (Phi) is 6.88. The molecule has 2 aromatic carbocycles. The number of hydrogen-bond donors (Lipinski definition) is 2. The molecule has 0 radical (unpaired) electrons. The van der Waals surface area contributed by atoms with E-state index >= 15 is 0 Å². The molecule has 1 atom stereocenters. The Bertz CT molecular complexity index is 599. The van der Waals surface area contributed by atoms with Crippen molar-refractivity contribution in [3.8, 4) is 5.75 Å². The van der Waals surface area contributed by atoms with E-state index in [2.05, 4.69) is 41.8 Å². The second-order valence-electron chi connectivity index (χ2n) is 5.48. The summed E-state index contributed by atoms with van der Waals surface area (Å²) in [6.45, 7) is 4.79. The molecule has 0 saturated heterocycles. The average Bonchev–Trinajstić information content (AvgIpc) is 2.56. The van der Waals surface area contributed by atoms with E-state index in [1.54, 1.807) is 0 Å². The van der Waals surface area contributed by atoms with Crippen molar-refractivity contribution in [1.82, 2.24) is 5.32 Å². The van der Waals surface area contributed by atoms with E-state index < -0.39 is 0 Å². The SMILES string of the molecule is CCOc1ccc(NC(=S)NC(C)CCc2ccccc2)cc1. The second-order valence-corrected chi connectivity index (χ2v) is 5.89. The van der Waals surface area contributed by atoms with Crippen LogP contribution in [0.4, 0.5) is 5.69 Å². The van der Waals surface area contributed by atoms with Crippen molar-refractivity contribution < 1.29 is 4.74 Å². The predicted octanol–water partition coefficient (Wildman–Crippen LogP) is 4.39. The molecule has 0 heterocycles. The third-order valence-electron chi connectivity index (χ3n) is 3.51. The number of ether oxygens (including phenoxy) is 1. The number of aryl methyl sites for hydroxylation is 1. The first-order valence-electron chi connectivity index (χ1n) is 8.01. The fraction of sp³-hybridized carbons (Fsp3) is 0.316. The summed E-state index contributed by atoms with van der Waals surface area (Å²) in [7, 11) is 0. The summed E-state index contributed by atoms with van der Waals surface area (Å²) in [4.78, 5) is 0. The van der Waals surface area contributed by atoms with Gasteiger partial charge in [0.05, 0.1) is 6.61 Å². The van der Waals surface area contributed by atoms with Crippen LogP contribution in [0.3, 0.4) is 0 Å². The molecule has 1 unspecified atom stereocenters. The largest absolute Gasteiger partial charge is 0.494 e. The monoisotopic (exact) mass is 328 g/mol. The zero-order valence-electron chi connectivity index (χ0n) is 13.7. The minimum Gasteiger partial charge on any atom is -0.494 e. The summed E-state index contributed by atoms with van der Waals surface area (Å²) < 4.78 is 5.43. The van der Waals surface area contributed by atoms with Crippen molar-refractivity contribution in [1.29, 1.82) is 0 Å². The molecule has 0 aliphatic heterocycles. The molecule has 0 spiro atoms. The van der Waals surface area contributed by atoms with Gasteiger partial charge < -0.3 is 15.4 Å². The molecular weight excluding hydrogens is 304 g/mol. The van der Waals surface area contributed by atoms with Gasteiger partial charge in [0.25, 0.3) is 0 Å². The minimum absolute atomic E-state index is 0.318. The zero-order chi connectivity index (χ0) is 16.5. The summed E-state index contributed by atoms with van der Waals surface area (Å²) in [5.41, 5.74) is 2.31. The zero-order valence-corrected chi connectivity index (χ0v) is 14.5. The Balaban J connectivity index is 1.75. The van der Waals surface area contributed by atoms with Crippen LogP contribution in [0.2, 0.25) is 0 Å². The van der Waals surface area contributed by atoms with Gasteiger partial charge >= 0.3 is 0 Å². The van der Waals surface area contributed by atoms with E-state index in [1.165, 1.54) is 5.56 Å². The Labute approximate surface area is 144 Å². The van der Waals surface area contributed by atoms with E-state index in [4.69, 9.17) is 17.0 Å². The first-order valence-corrected chi connectivity index (χ1v) is 8.42. The number of anilines is 1. The van der Waals surface area contributed by atoms with Gasteiger partial charge in [-0.05, 0) is 68.7 Å². The van der Waals surface area contributed by atoms with Crippen molar-refractivity contribution in [2.45, 2.75) is 32.7 Å². The molecule has 2 rings (SSSR count). The van der Waals surface area contributed by atoms with Crippen LogP contribution in [0, 0.1) is 0 Å². The van der Waals surface area contributed by atoms with Crippen LogP contribution in [0.5, 0.6) is 5.75 Å². The fourth-order valence-electron chi connectivity index (χ4n) is 2.29. The molecule has 0 aliphatic rings. The lowest BCUT2D eigenvalue weighted by Crippen LogP contribution is -2.36. The summed E-state index contributed by atoms with van der Waals surface area (Å²) in [6, 6.07) is 18.6. The van der Waals surface area contributed by atoms with Crippen molar-refractivity contribution in [2.24, 2.45) is 0 Å². The standard InChI is InChI=1S/C19H24N2OS/c1-3-22-18-13-11-17(12-14-18)21-19(23)20-15(2)9-10-16-7-5-4-6-8-16/h4-8,11-15H,3,9-10H2,1-2H3,(H2,20,21,23). The summed E-state index contributed by atoms with van der Waals surface area (Å²) in [5.74, 6) is 0.869. The highest BCUT2D eigenvalue weighted by atomic mass is 32.1. The van der Waals surface area contributed by atoms with Gasteiger partial charge in [0.15, 0.2) is 5.11 Å². The lowest BCUT2D eigenvalue weighted by Gasteiger charge is -2.17. The van der Waals surface area contributed by atoms with Crippen LogP contribution in [0.25, 0.3) is 0 Å². The van der Waals surface area contributed by atoms with Crippen molar-refractivity contribution in [3.63, 3.8) is 0 Å². The van der Waals surface area contributed by atoms with Crippen molar-refractivity contribution in [2.75, 3.05) is 11.9 Å². The molecule has 0 fully saturated rings. The van der Waals surface area contributed by atoms with E-state index in [9.17, 15) is 0 Å². The highest BCUT2D eigenvalue weighted by Gasteiger charge is 2.05. The van der Waals surface area contributed by atoms with Crippen LogP contribution in [0.15, 0.2) is 54.6 Å². The Morgan fingerprint density at radius 3 is 2.43 bits per heavy atom. The van der Waals surface area contributed by atoms with E-state index in [1.807, 2.05) is 37.3 Å². The molecule has 122 valence electrons. The van der Waals surface area contributed by atoms with Gasteiger partial charge in [-0.2, -0.15) is 0 Å². The summed E-state index contributed by atoms with van der Waals surface area (Å²) >= 11 is 5.37. The van der Waals surface area contributed by atoms with Crippen LogP contribution < -0.4 is 15.4 Å². The van der Waals surface area contributed by atoms with Gasteiger partial charge in [0.1, 0.15) is 5.75 Å². The minimum atomic E-state index is 0.318. The van der Waals surface area contributed by atoms with Crippen LogP contribution in [0.1, 0.15) is 25.8 Å². The maximum absolute atomic E-state index is 5.43. The quantitative estimate of drug-likeness (QED) is 0.739. The number of rotatable bonds is 7. The van der Waals surface area contributed by atoms with E-state index in [0.29, 0.717) is 17.8 Å². The Morgan fingerprint density at radius 2 is 1.78 bits per heavy atom. The predicted molar refractivity (Wildman–Crippen MR) is 101 cm³/mol. The lowest BCUT2D eigenvalue weighted by atomic mass is 10.1. The molecule has 0 bridgehead atoms. The normalized spacial score (nSPS) is 11.6. The van der Waals surface area contributed by atoms with Crippen LogP contribution in [-0.2, 0) is 6.42 Å². The maximum atomic E-state index is 5.43. The lowest BCUT2D eigenvalue weighted by molar-refractivity contribution is 0.340. The topological polar surface area (TPSA) is 33.3 Å². The number of nitrogens with one attached hydrogen (secondary N) is 2. The molecule has 4 heteroatoms. The van der Waals surface area contributed by atoms with Gasteiger partial charge in [0, 0.05) is 11.7 Å².